The van der Waals surface area contributed by atoms with E-state index in [1.54, 1.807) is 31.2 Å². The van der Waals surface area contributed by atoms with Gasteiger partial charge in [-0.25, -0.2) is 0 Å². The van der Waals surface area contributed by atoms with Gasteiger partial charge in [-0.3, -0.25) is 4.79 Å². The van der Waals surface area contributed by atoms with E-state index < -0.39 is 22.7 Å². The van der Waals surface area contributed by atoms with Crippen molar-refractivity contribution in [3.8, 4) is 6.07 Å². The lowest BCUT2D eigenvalue weighted by Gasteiger charge is -2.31. The second-order valence-electron chi connectivity index (χ2n) is 5.90. The summed E-state index contributed by atoms with van der Waals surface area (Å²) >= 11 is 1.30. The largest absolute Gasteiger partial charge is 0.465 e. The second-order valence-corrected chi connectivity index (χ2v) is 7.15. The molecule has 0 spiro atoms. The lowest BCUT2D eigenvalue weighted by Crippen LogP contribution is -2.44. The van der Waals surface area contributed by atoms with E-state index in [1.807, 2.05) is 36.4 Å². The predicted molar refractivity (Wildman–Crippen MR) is 96.6 cm³/mol. The molecule has 0 amide bonds. The van der Waals surface area contributed by atoms with Gasteiger partial charge in [-0.2, -0.15) is 5.26 Å². The van der Waals surface area contributed by atoms with E-state index in [0.29, 0.717) is 5.56 Å². The second kappa shape index (κ2) is 7.30. The first kappa shape index (κ1) is 17.5. The maximum atomic E-state index is 12.6. The number of esters is 1. The van der Waals surface area contributed by atoms with Crippen LogP contribution in [0, 0.1) is 17.2 Å². The molecule has 1 N–H and O–H groups in total. The summed E-state index contributed by atoms with van der Waals surface area (Å²) in [7, 11) is 0. The number of nitriles is 1. The summed E-state index contributed by atoms with van der Waals surface area (Å²) in [6.07, 6.45) is 0. The van der Waals surface area contributed by atoms with Gasteiger partial charge in [0.2, 0.25) is 0 Å². The molecule has 1 aliphatic heterocycles. The Balaban J connectivity index is 2.10. The molecule has 5 heteroatoms. The predicted octanol–water partition coefficient (Wildman–Crippen LogP) is 3.43. The Morgan fingerprint density at radius 2 is 1.80 bits per heavy atom. The minimum absolute atomic E-state index is 0.230. The summed E-state index contributed by atoms with van der Waals surface area (Å²) in [5.41, 5.74) is -0.126. The van der Waals surface area contributed by atoms with Crippen molar-refractivity contribution >= 4 is 17.7 Å². The van der Waals surface area contributed by atoms with Crippen molar-refractivity contribution in [1.82, 2.24) is 0 Å². The Morgan fingerprint density at radius 1 is 1.20 bits per heavy atom. The highest BCUT2D eigenvalue weighted by Crippen LogP contribution is 2.58. The van der Waals surface area contributed by atoms with Crippen molar-refractivity contribution in [3.63, 3.8) is 0 Å². The number of carbonyl (C=O) groups is 1. The summed E-state index contributed by atoms with van der Waals surface area (Å²) in [5.74, 6) is -1.26. The van der Waals surface area contributed by atoms with Gasteiger partial charge in [0.15, 0.2) is 0 Å². The van der Waals surface area contributed by atoms with E-state index in [1.165, 1.54) is 11.8 Å². The molecule has 1 saturated heterocycles. The fourth-order valence-corrected chi connectivity index (χ4v) is 4.99. The molecule has 1 fully saturated rings. The minimum Gasteiger partial charge on any atom is -0.465 e. The van der Waals surface area contributed by atoms with Crippen LogP contribution < -0.4 is 0 Å². The summed E-state index contributed by atoms with van der Waals surface area (Å²) < 4.78 is 5.19. The molecule has 0 saturated carbocycles. The average molecular weight is 353 g/mol. The van der Waals surface area contributed by atoms with Crippen LogP contribution in [0.4, 0.5) is 0 Å². The maximum Gasteiger partial charge on any atom is 0.322 e. The SMILES string of the molecule is CCOC(=O)[C@@H]1S[C@H](c2ccccc2)[C@@H](C#N)[C@]1(O)c1ccccc1. The Kier molecular flexibility index (Phi) is 5.12. The van der Waals surface area contributed by atoms with E-state index in [2.05, 4.69) is 6.07 Å². The summed E-state index contributed by atoms with van der Waals surface area (Å²) in [6.45, 7) is 1.96. The van der Waals surface area contributed by atoms with E-state index in [9.17, 15) is 15.2 Å². The number of nitrogens with zero attached hydrogens (tertiary/aromatic N) is 1. The molecular formula is C20H19NO3S. The van der Waals surface area contributed by atoms with E-state index in [-0.39, 0.29) is 11.9 Å². The molecule has 0 radical (unpaired) electrons. The first-order valence-electron chi connectivity index (χ1n) is 8.17. The van der Waals surface area contributed by atoms with E-state index in [4.69, 9.17) is 4.74 Å². The van der Waals surface area contributed by atoms with Crippen LogP contribution in [0.15, 0.2) is 60.7 Å². The number of carbonyl (C=O) groups excluding carboxylic acids is 1. The third-order valence-electron chi connectivity index (χ3n) is 4.46. The van der Waals surface area contributed by atoms with Gasteiger partial charge < -0.3 is 9.84 Å². The monoisotopic (exact) mass is 353 g/mol. The number of rotatable bonds is 4. The molecule has 0 aliphatic carbocycles. The van der Waals surface area contributed by atoms with Crippen LogP contribution in [0.5, 0.6) is 0 Å². The zero-order chi connectivity index (χ0) is 17.9. The number of ether oxygens (including phenoxy) is 1. The van der Waals surface area contributed by atoms with Crippen molar-refractivity contribution in [1.29, 1.82) is 5.26 Å². The molecule has 0 aromatic heterocycles. The minimum atomic E-state index is -1.60. The first-order valence-corrected chi connectivity index (χ1v) is 9.11. The zero-order valence-corrected chi connectivity index (χ0v) is 14.6. The van der Waals surface area contributed by atoms with Crippen molar-refractivity contribution in [2.75, 3.05) is 6.61 Å². The number of hydrogen-bond acceptors (Lipinski definition) is 5. The van der Waals surface area contributed by atoms with Crippen LogP contribution in [-0.4, -0.2) is 22.9 Å². The van der Waals surface area contributed by atoms with Gasteiger partial charge >= 0.3 is 5.97 Å². The molecule has 25 heavy (non-hydrogen) atoms. The average Bonchev–Trinajstić information content (AvgIpc) is 2.97. The normalized spacial score (nSPS) is 28.3. The van der Waals surface area contributed by atoms with Crippen molar-refractivity contribution in [3.05, 3.63) is 71.8 Å². The summed E-state index contributed by atoms with van der Waals surface area (Å²) in [6, 6.07) is 20.7. The Labute approximate surface area is 151 Å². The van der Waals surface area contributed by atoms with Crippen LogP contribution in [0.2, 0.25) is 0 Å². The fraction of sp³-hybridized carbons (Fsp3) is 0.300. The van der Waals surface area contributed by atoms with Crippen LogP contribution in [-0.2, 0) is 15.1 Å². The lowest BCUT2D eigenvalue weighted by atomic mass is 9.76. The van der Waals surface area contributed by atoms with Crippen LogP contribution in [0.25, 0.3) is 0 Å². The van der Waals surface area contributed by atoms with E-state index >= 15 is 0 Å². The zero-order valence-electron chi connectivity index (χ0n) is 13.8. The van der Waals surface area contributed by atoms with Gasteiger partial charge in [0.25, 0.3) is 0 Å². The molecule has 4 atom stereocenters. The quantitative estimate of drug-likeness (QED) is 0.853. The van der Waals surface area contributed by atoms with Gasteiger partial charge in [0.1, 0.15) is 10.9 Å². The van der Waals surface area contributed by atoms with Gasteiger partial charge in [-0.05, 0) is 18.1 Å². The molecule has 1 heterocycles. The van der Waals surface area contributed by atoms with Crippen molar-refractivity contribution in [2.24, 2.45) is 5.92 Å². The third kappa shape index (κ3) is 3.04. The van der Waals surface area contributed by atoms with E-state index in [0.717, 1.165) is 5.56 Å². The highest BCUT2D eigenvalue weighted by molar-refractivity contribution is 8.01. The smallest absolute Gasteiger partial charge is 0.322 e. The molecule has 1 aliphatic rings. The number of benzene rings is 2. The van der Waals surface area contributed by atoms with Crippen LogP contribution in [0.1, 0.15) is 23.3 Å². The number of aliphatic hydroxyl groups is 1. The van der Waals surface area contributed by atoms with Gasteiger partial charge in [-0.1, -0.05) is 60.7 Å². The molecular weight excluding hydrogens is 334 g/mol. The van der Waals surface area contributed by atoms with Crippen LogP contribution >= 0.6 is 11.8 Å². The first-order chi connectivity index (χ1) is 12.1. The van der Waals surface area contributed by atoms with Crippen LogP contribution in [0.3, 0.4) is 0 Å². The Bertz CT molecular complexity index is 775. The molecule has 0 unspecified atom stereocenters. The molecule has 2 aromatic carbocycles. The fourth-order valence-electron chi connectivity index (χ4n) is 3.29. The maximum absolute atomic E-state index is 12.6. The lowest BCUT2D eigenvalue weighted by molar-refractivity contribution is -0.148. The van der Waals surface area contributed by atoms with Gasteiger partial charge in [0.05, 0.1) is 18.6 Å². The Hall–Kier alpha value is -2.29. The highest BCUT2D eigenvalue weighted by atomic mass is 32.2. The van der Waals surface area contributed by atoms with Crippen molar-refractivity contribution in [2.45, 2.75) is 23.0 Å². The summed E-state index contributed by atoms with van der Waals surface area (Å²) in [4.78, 5) is 12.6. The highest BCUT2D eigenvalue weighted by Gasteiger charge is 2.60. The molecule has 4 nitrogen and oxygen atoms in total. The molecule has 128 valence electrons. The Morgan fingerprint density at radius 3 is 2.36 bits per heavy atom. The summed E-state index contributed by atoms with van der Waals surface area (Å²) in [5, 5.41) is 20.2. The van der Waals surface area contributed by atoms with Gasteiger partial charge in [-0.15, -0.1) is 11.8 Å². The molecule has 2 aromatic rings. The topological polar surface area (TPSA) is 70.3 Å². The van der Waals surface area contributed by atoms with Gasteiger partial charge in [0, 0.05) is 5.25 Å². The third-order valence-corrected chi connectivity index (χ3v) is 6.12. The number of hydrogen-bond donors (Lipinski definition) is 1. The molecule has 3 rings (SSSR count). The van der Waals surface area contributed by atoms with Crippen molar-refractivity contribution < 1.29 is 14.6 Å². The standard InChI is InChI=1S/C20H19NO3S/c1-2-24-19(22)18-20(23,15-11-7-4-8-12-15)16(13-21)17(25-18)14-9-5-3-6-10-14/h3-12,16-18,23H,2H2,1H3/t16-,17-,18+,20-/m1/s1. The molecule has 0 bridgehead atoms. The number of thioether (sulfide) groups is 1.